The SMILES string of the molecule is CCOC1CC(N)(C(=O)Nc2ccc(CC3CC(=O)NC3=O)cc2)C1(C)C. The molecule has 1 aliphatic carbocycles. The smallest absolute Gasteiger partial charge is 0.245 e. The molecule has 1 aromatic carbocycles. The lowest BCUT2D eigenvalue weighted by Gasteiger charge is -2.57. The lowest BCUT2D eigenvalue weighted by atomic mass is 9.54. The first-order valence-electron chi connectivity index (χ1n) is 9.32. The minimum absolute atomic E-state index is 0.0269. The summed E-state index contributed by atoms with van der Waals surface area (Å²) in [6.45, 7) is 6.43. The number of carbonyl (C=O) groups excluding carboxylic acids is 3. The van der Waals surface area contributed by atoms with Crippen LogP contribution in [-0.4, -0.2) is 36.0 Å². The Morgan fingerprint density at radius 3 is 2.48 bits per heavy atom. The molecule has 3 amide bonds. The molecule has 2 fully saturated rings. The Morgan fingerprint density at radius 1 is 1.30 bits per heavy atom. The molecule has 7 nitrogen and oxygen atoms in total. The van der Waals surface area contributed by atoms with E-state index in [0.717, 1.165) is 5.56 Å². The van der Waals surface area contributed by atoms with Crippen LogP contribution >= 0.6 is 0 Å². The van der Waals surface area contributed by atoms with Crippen molar-refractivity contribution in [3.63, 3.8) is 0 Å². The van der Waals surface area contributed by atoms with Gasteiger partial charge in [-0.15, -0.1) is 0 Å². The number of imide groups is 1. The largest absolute Gasteiger partial charge is 0.378 e. The summed E-state index contributed by atoms with van der Waals surface area (Å²) in [5.74, 6) is -0.998. The Morgan fingerprint density at radius 2 is 1.96 bits per heavy atom. The van der Waals surface area contributed by atoms with Gasteiger partial charge in [0.15, 0.2) is 0 Å². The zero-order valence-corrected chi connectivity index (χ0v) is 16.0. The molecule has 2 aliphatic rings. The van der Waals surface area contributed by atoms with Crippen molar-refractivity contribution in [1.82, 2.24) is 5.32 Å². The fourth-order valence-electron chi connectivity index (χ4n) is 3.84. The number of benzene rings is 1. The second kappa shape index (κ2) is 7.05. The normalized spacial score (nSPS) is 29.2. The van der Waals surface area contributed by atoms with Crippen molar-refractivity contribution in [2.75, 3.05) is 11.9 Å². The number of amides is 3. The second-order valence-electron chi connectivity index (χ2n) is 8.01. The fourth-order valence-corrected chi connectivity index (χ4v) is 3.84. The third kappa shape index (κ3) is 3.49. The summed E-state index contributed by atoms with van der Waals surface area (Å²) in [4.78, 5) is 35.7. The Balaban J connectivity index is 1.61. The van der Waals surface area contributed by atoms with Crippen LogP contribution < -0.4 is 16.4 Å². The summed E-state index contributed by atoms with van der Waals surface area (Å²) < 4.78 is 5.67. The number of ether oxygens (including phenoxy) is 1. The molecule has 3 rings (SSSR count). The van der Waals surface area contributed by atoms with E-state index in [9.17, 15) is 14.4 Å². The minimum Gasteiger partial charge on any atom is -0.378 e. The molecule has 1 aromatic rings. The van der Waals surface area contributed by atoms with E-state index in [1.165, 1.54) is 0 Å². The Kier molecular flexibility index (Phi) is 5.10. The van der Waals surface area contributed by atoms with Crippen LogP contribution in [0.25, 0.3) is 0 Å². The van der Waals surface area contributed by atoms with Gasteiger partial charge in [0, 0.05) is 30.6 Å². The van der Waals surface area contributed by atoms with E-state index in [1.807, 2.05) is 32.9 Å². The number of nitrogens with one attached hydrogen (secondary N) is 2. The summed E-state index contributed by atoms with van der Waals surface area (Å²) in [6.07, 6.45) is 1.18. The monoisotopic (exact) mass is 373 g/mol. The summed E-state index contributed by atoms with van der Waals surface area (Å²) in [6, 6.07) is 7.28. The van der Waals surface area contributed by atoms with Crippen LogP contribution in [0.3, 0.4) is 0 Å². The number of hydrogen-bond acceptors (Lipinski definition) is 5. The standard InChI is InChI=1S/C20H27N3O4/c1-4-27-15-11-20(21,19(15,2)3)18(26)22-14-7-5-12(6-8-14)9-13-10-16(24)23-17(13)25/h5-8,13,15H,4,9-11,21H2,1-3H3,(H,22,26)(H,23,24,25). The molecule has 0 aromatic heterocycles. The molecule has 1 aliphatic heterocycles. The van der Waals surface area contributed by atoms with E-state index < -0.39 is 11.0 Å². The van der Waals surface area contributed by atoms with Gasteiger partial charge >= 0.3 is 0 Å². The summed E-state index contributed by atoms with van der Waals surface area (Å²) in [5, 5.41) is 5.20. The highest BCUT2D eigenvalue weighted by Gasteiger charge is 2.62. The van der Waals surface area contributed by atoms with Crippen LogP contribution in [0.15, 0.2) is 24.3 Å². The zero-order chi connectivity index (χ0) is 19.8. The van der Waals surface area contributed by atoms with Gasteiger partial charge in [-0.05, 0) is 31.0 Å². The van der Waals surface area contributed by atoms with E-state index in [0.29, 0.717) is 25.1 Å². The maximum Gasteiger partial charge on any atom is 0.245 e. The molecule has 1 saturated carbocycles. The Bertz CT molecular complexity index is 759. The number of carbonyl (C=O) groups is 3. The molecule has 3 unspecified atom stereocenters. The third-order valence-electron chi connectivity index (χ3n) is 5.99. The van der Waals surface area contributed by atoms with Gasteiger partial charge < -0.3 is 15.8 Å². The highest BCUT2D eigenvalue weighted by Crippen LogP contribution is 2.50. The maximum absolute atomic E-state index is 12.7. The Labute approximate surface area is 159 Å². The molecule has 7 heteroatoms. The van der Waals surface area contributed by atoms with Crippen molar-refractivity contribution >= 4 is 23.4 Å². The van der Waals surface area contributed by atoms with E-state index in [-0.39, 0.29) is 36.2 Å². The molecule has 0 bridgehead atoms. The summed E-state index contributed by atoms with van der Waals surface area (Å²) in [7, 11) is 0. The first-order valence-corrected chi connectivity index (χ1v) is 9.32. The van der Waals surface area contributed by atoms with Crippen molar-refractivity contribution in [2.24, 2.45) is 17.1 Å². The number of hydrogen-bond donors (Lipinski definition) is 3. The van der Waals surface area contributed by atoms with Crippen LogP contribution in [0.2, 0.25) is 0 Å². The van der Waals surface area contributed by atoms with Crippen molar-refractivity contribution in [1.29, 1.82) is 0 Å². The van der Waals surface area contributed by atoms with Crippen molar-refractivity contribution in [2.45, 2.75) is 51.7 Å². The average Bonchev–Trinajstić information content (AvgIpc) is 2.93. The van der Waals surface area contributed by atoms with Gasteiger partial charge in [0.05, 0.1) is 12.0 Å². The fraction of sp³-hybridized carbons (Fsp3) is 0.550. The lowest BCUT2D eigenvalue weighted by molar-refractivity contribution is -0.166. The highest BCUT2D eigenvalue weighted by atomic mass is 16.5. The number of rotatable bonds is 6. The zero-order valence-electron chi connectivity index (χ0n) is 16.0. The number of nitrogens with two attached hydrogens (primary N) is 1. The predicted molar refractivity (Wildman–Crippen MR) is 101 cm³/mol. The van der Waals surface area contributed by atoms with Crippen LogP contribution in [0, 0.1) is 11.3 Å². The van der Waals surface area contributed by atoms with Crippen LogP contribution in [-0.2, 0) is 25.5 Å². The molecule has 0 spiro atoms. The first-order chi connectivity index (χ1) is 12.7. The van der Waals surface area contributed by atoms with Gasteiger partial charge in [0.2, 0.25) is 17.7 Å². The minimum atomic E-state index is -0.978. The molecule has 146 valence electrons. The average molecular weight is 373 g/mol. The molecule has 0 radical (unpaired) electrons. The molecule has 1 saturated heterocycles. The summed E-state index contributed by atoms with van der Waals surface area (Å²) in [5.41, 5.74) is 6.55. The molecular formula is C20H27N3O4. The molecule has 4 N–H and O–H groups in total. The first kappa shape index (κ1) is 19.5. The molecule has 3 atom stereocenters. The van der Waals surface area contributed by atoms with Crippen LogP contribution in [0.5, 0.6) is 0 Å². The van der Waals surface area contributed by atoms with Gasteiger partial charge in [-0.1, -0.05) is 26.0 Å². The predicted octanol–water partition coefficient (Wildman–Crippen LogP) is 1.36. The van der Waals surface area contributed by atoms with Gasteiger partial charge in [-0.3, -0.25) is 19.7 Å². The van der Waals surface area contributed by atoms with Gasteiger partial charge in [-0.25, -0.2) is 0 Å². The maximum atomic E-state index is 12.7. The van der Waals surface area contributed by atoms with E-state index in [4.69, 9.17) is 10.5 Å². The number of anilines is 1. The van der Waals surface area contributed by atoms with Crippen LogP contribution in [0.4, 0.5) is 5.69 Å². The summed E-state index contributed by atoms with van der Waals surface area (Å²) >= 11 is 0. The van der Waals surface area contributed by atoms with Crippen molar-refractivity contribution < 1.29 is 19.1 Å². The van der Waals surface area contributed by atoms with Gasteiger partial charge in [-0.2, -0.15) is 0 Å². The van der Waals surface area contributed by atoms with E-state index >= 15 is 0 Å². The Hall–Kier alpha value is -2.25. The third-order valence-corrected chi connectivity index (χ3v) is 5.99. The molecule has 1 heterocycles. The topological polar surface area (TPSA) is 111 Å². The van der Waals surface area contributed by atoms with Crippen LogP contribution in [0.1, 0.15) is 39.2 Å². The van der Waals surface area contributed by atoms with Gasteiger partial charge in [0.25, 0.3) is 0 Å². The van der Waals surface area contributed by atoms with E-state index in [1.54, 1.807) is 12.1 Å². The molecule has 27 heavy (non-hydrogen) atoms. The quantitative estimate of drug-likeness (QED) is 0.652. The van der Waals surface area contributed by atoms with E-state index in [2.05, 4.69) is 10.6 Å². The van der Waals surface area contributed by atoms with Gasteiger partial charge in [0.1, 0.15) is 5.54 Å². The molecular weight excluding hydrogens is 346 g/mol. The van der Waals surface area contributed by atoms with Crippen molar-refractivity contribution in [3.05, 3.63) is 29.8 Å². The highest BCUT2D eigenvalue weighted by molar-refractivity contribution is 6.03. The lowest BCUT2D eigenvalue weighted by Crippen LogP contribution is -2.74. The second-order valence-corrected chi connectivity index (χ2v) is 8.01. The van der Waals surface area contributed by atoms with Crippen molar-refractivity contribution in [3.8, 4) is 0 Å².